The third-order valence-corrected chi connectivity index (χ3v) is 3.86. The third-order valence-electron chi connectivity index (χ3n) is 3.86. The molecule has 1 aromatic carbocycles. The Kier molecular flexibility index (Phi) is 6.07. The summed E-state index contributed by atoms with van der Waals surface area (Å²) in [5, 5.41) is 2.57. The second-order valence-electron chi connectivity index (χ2n) is 6.92. The van der Waals surface area contributed by atoms with Gasteiger partial charge >= 0.3 is 0 Å². The van der Waals surface area contributed by atoms with Crippen LogP contribution >= 0.6 is 0 Å². The summed E-state index contributed by atoms with van der Waals surface area (Å²) >= 11 is 0. The number of aromatic nitrogens is 2. The van der Waals surface area contributed by atoms with Crippen molar-refractivity contribution in [3.63, 3.8) is 0 Å². The lowest BCUT2D eigenvalue weighted by Crippen LogP contribution is -2.24. The highest BCUT2D eigenvalue weighted by atomic mass is 16.2. The Bertz CT molecular complexity index is 893. The van der Waals surface area contributed by atoms with Gasteiger partial charge in [-0.3, -0.25) is 9.59 Å². The number of benzene rings is 1. The van der Waals surface area contributed by atoms with Gasteiger partial charge in [-0.15, -0.1) is 0 Å². The van der Waals surface area contributed by atoms with E-state index < -0.39 is 5.91 Å². The summed E-state index contributed by atoms with van der Waals surface area (Å²) in [5.74, 6) is -0.316. The van der Waals surface area contributed by atoms with Crippen LogP contribution in [0.25, 0.3) is 5.57 Å². The molecule has 0 atom stereocenters. The molecule has 0 saturated heterocycles. The number of amides is 1. The number of rotatable bonds is 5. The van der Waals surface area contributed by atoms with Gasteiger partial charge in [0.15, 0.2) is 6.29 Å². The molecule has 27 heavy (non-hydrogen) atoms. The molecule has 0 unspecified atom stereocenters. The lowest BCUT2D eigenvalue weighted by molar-refractivity contribution is -0.105. The van der Waals surface area contributed by atoms with Gasteiger partial charge in [0.1, 0.15) is 0 Å². The summed E-state index contributed by atoms with van der Waals surface area (Å²) in [5.41, 5.74) is 13.6. The minimum absolute atomic E-state index is 0.0108. The van der Waals surface area contributed by atoms with Crippen LogP contribution in [0.4, 0.5) is 5.95 Å². The maximum absolute atomic E-state index is 12.4. The molecule has 0 spiro atoms. The van der Waals surface area contributed by atoms with Crippen LogP contribution in [-0.4, -0.2) is 22.2 Å². The summed E-state index contributed by atoms with van der Waals surface area (Å²) in [7, 11) is 0. The van der Waals surface area contributed by atoms with Crippen molar-refractivity contribution in [2.45, 2.75) is 26.2 Å². The predicted octanol–water partition coefficient (Wildman–Crippen LogP) is 2.17. The minimum Gasteiger partial charge on any atom is -0.404 e. The van der Waals surface area contributed by atoms with Gasteiger partial charge in [-0.05, 0) is 35.3 Å². The number of hydrogen-bond donors (Lipinski definition) is 3. The van der Waals surface area contributed by atoms with Crippen molar-refractivity contribution >= 4 is 23.7 Å². The number of carbonyl (C=O) groups excluding carboxylic acids is 2. The first-order valence-electron chi connectivity index (χ1n) is 8.34. The number of anilines is 1. The van der Waals surface area contributed by atoms with Crippen LogP contribution in [0.3, 0.4) is 0 Å². The summed E-state index contributed by atoms with van der Waals surface area (Å²) in [6, 6.07) is 8.84. The van der Waals surface area contributed by atoms with E-state index >= 15 is 0 Å². The van der Waals surface area contributed by atoms with E-state index in [2.05, 4.69) is 36.1 Å². The average Bonchev–Trinajstić information content (AvgIpc) is 2.64. The number of carbonyl (C=O) groups is 2. The molecule has 0 radical (unpaired) electrons. The maximum atomic E-state index is 12.4. The zero-order chi connectivity index (χ0) is 20.0. The Morgan fingerprint density at radius 1 is 1.15 bits per heavy atom. The average molecular weight is 365 g/mol. The first-order valence-corrected chi connectivity index (χ1v) is 8.34. The fourth-order valence-electron chi connectivity index (χ4n) is 2.33. The standard InChI is InChI=1S/C20H23N5O2/c1-20(2,3)15-6-4-13(5-7-15)18(27)24-16(12-26)10-14(11-21)17-8-9-23-19(22)25-17/h4-12H,21H2,1-3H3,(H,24,27)(H2,22,23,25)/b14-11+,16-10+. The molecule has 0 fully saturated rings. The second-order valence-corrected chi connectivity index (χ2v) is 6.92. The molecule has 5 N–H and O–H groups in total. The van der Waals surface area contributed by atoms with Crippen LogP contribution in [0.2, 0.25) is 0 Å². The molecule has 0 saturated carbocycles. The minimum atomic E-state index is -0.396. The number of allylic oxidation sites excluding steroid dienone is 3. The van der Waals surface area contributed by atoms with Gasteiger partial charge in [0.05, 0.1) is 11.4 Å². The molecule has 1 heterocycles. The number of aldehydes is 1. The van der Waals surface area contributed by atoms with Crippen molar-refractivity contribution in [1.82, 2.24) is 15.3 Å². The van der Waals surface area contributed by atoms with Gasteiger partial charge in [-0.2, -0.15) is 0 Å². The normalized spacial score (nSPS) is 12.6. The summed E-state index contributed by atoms with van der Waals surface area (Å²) in [6.45, 7) is 6.28. The van der Waals surface area contributed by atoms with E-state index in [1.54, 1.807) is 18.2 Å². The topological polar surface area (TPSA) is 124 Å². The van der Waals surface area contributed by atoms with E-state index in [0.29, 0.717) is 23.1 Å². The summed E-state index contributed by atoms with van der Waals surface area (Å²) in [4.78, 5) is 31.7. The highest BCUT2D eigenvalue weighted by Gasteiger charge is 2.15. The second kappa shape index (κ2) is 8.27. The quantitative estimate of drug-likeness (QED) is 0.424. The Balaban J connectivity index is 2.21. The monoisotopic (exact) mass is 365 g/mol. The Hall–Kier alpha value is -3.48. The molecular formula is C20H23N5O2. The molecular weight excluding hydrogens is 342 g/mol. The Labute approximate surface area is 158 Å². The lowest BCUT2D eigenvalue weighted by atomic mass is 9.87. The number of nitrogens with one attached hydrogen (secondary N) is 1. The largest absolute Gasteiger partial charge is 0.404 e. The molecule has 1 amide bonds. The smallest absolute Gasteiger partial charge is 0.255 e. The van der Waals surface area contributed by atoms with E-state index in [9.17, 15) is 9.59 Å². The van der Waals surface area contributed by atoms with Gasteiger partial charge in [-0.25, -0.2) is 9.97 Å². The van der Waals surface area contributed by atoms with E-state index in [0.717, 1.165) is 5.56 Å². The van der Waals surface area contributed by atoms with Crippen LogP contribution in [0, 0.1) is 0 Å². The molecule has 2 aromatic rings. The van der Waals surface area contributed by atoms with E-state index in [4.69, 9.17) is 11.5 Å². The van der Waals surface area contributed by atoms with Crippen molar-refractivity contribution in [1.29, 1.82) is 0 Å². The SMILES string of the molecule is CC(C)(C)c1ccc(C(=O)N/C(C=O)=C/C(=C\N)c2ccnc(N)n2)cc1. The molecule has 0 aliphatic rings. The maximum Gasteiger partial charge on any atom is 0.255 e. The van der Waals surface area contributed by atoms with Crippen molar-refractivity contribution in [3.05, 3.63) is 71.3 Å². The molecule has 0 bridgehead atoms. The molecule has 140 valence electrons. The fourth-order valence-corrected chi connectivity index (χ4v) is 2.33. The van der Waals surface area contributed by atoms with Crippen molar-refractivity contribution in [2.24, 2.45) is 5.73 Å². The number of nitrogens with zero attached hydrogens (tertiary/aromatic N) is 2. The van der Waals surface area contributed by atoms with Crippen molar-refractivity contribution in [3.8, 4) is 0 Å². The highest BCUT2D eigenvalue weighted by molar-refractivity contribution is 5.99. The first-order chi connectivity index (χ1) is 12.7. The molecule has 2 rings (SSSR count). The molecule has 0 aliphatic heterocycles. The van der Waals surface area contributed by atoms with E-state index in [1.807, 2.05) is 12.1 Å². The number of hydrogen-bond acceptors (Lipinski definition) is 6. The zero-order valence-corrected chi connectivity index (χ0v) is 15.6. The summed E-state index contributed by atoms with van der Waals surface area (Å²) in [6.07, 6.45) is 4.71. The van der Waals surface area contributed by atoms with Crippen LogP contribution in [0.1, 0.15) is 42.4 Å². The highest BCUT2D eigenvalue weighted by Crippen LogP contribution is 2.22. The van der Waals surface area contributed by atoms with Crippen molar-refractivity contribution < 1.29 is 9.59 Å². The predicted molar refractivity (Wildman–Crippen MR) is 105 cm³/mol. The van der Waals surface area contributed by atoms with Crippen LogP contribution in [0.5, 0.6) is 0 Å². The van der Waals surface area contributed by atoms with Gasteiger partial charge in [0, 0.05) is 23.5 Å². The number of nitrogen functional groups attached to an aromatic ring is 1. The summed E-state index contributed by atoms with van der Waals surface area (Å²) < 4.78 is 0. The van der Waals surface area contributed by atoms with Crippen LogP contribution in [0.15, 0.2) is 54.5 Å². The van der Waals surface area contributed by atoms with E-state index in [-0.39, 0.29) is 17.1 Å². The Morgan fingerprint density at radius 3 is 2.33 bits per heavy atom. The Morgan fingerprint density at radius 2 is 1.81 bits per heavy atom. The van der Waals surface area contributed by atoms with Crippen LogP contribution in [-0.2, 0) is 10.2 Å². The fraction of sp³-hybridized carbons (Fsp3) is 0.200. The molecule has 7 heteroatoms. The molecule has 7 nitrogen and oxygen atoms in total. The van der Waals surface area contributed by atoms with Crippen LogP contribution < -0.4 is 16.8 Å². The van der Waals surface area contributed by atoms with Gasteiger partial charge < -0.3 is 16.8 Å². The first kappa shape index (κ1) is 19.8. The lowest BCUT2D eigenvalue weighted by Gasteiger charge is -2.19. The molecule has 0 aliphatic carbocycles. The third kappa shape index (κ3) is 5.24. The van der Waals surface area contributed by atoms with Gasteiger partial charge in [0.25, 0.3) is 5.91 Å². The van der Waals surface area contributed by atoms with Gasteiger partial charge in [-0.1, -0.05) is 32.9 Å². The van der Waals surface area contributed by atoms with Crippen molar-refractivity contribution in [2.75, 3.05) is 5.73 Å². The van der Waals surface area contributed by atoms with E-state index in [1.165, 1.54) is 18.5 Å². The number of nitrogens with two attached hydrogens (primary N) is 2. The zero-order valence-electron chi connectivity index (χ0n) is 15.6. The van der Waals surface area contributed by atoms with Gasteiger partial charge in [0.2, 0.25) is 5.95 Å². The molecule has 1 aromatic heterocycles.